The van der Waals surface area contributed by atoms with Crippen molar-refractivity contribution in [1.29, 1.82) is 0 Å². The van der Waals surface area contributed by atoms with Crippen molar-refractivity contribution in [1.82, 2.24) is 10.3 Å². The van der Waals surface area contributed by atoms with Crippen molar-refractivity contribution in [2.24, 2.45) is 11.1 Å². The number of aromatic nitrogens is 1. The third kappa shape index (κ3) is 5.26. The Bertz CT molecular complexity index is 416. The van der Waals surface area contributed by atoms with E-state index in [1.165, 1.54) is 11.3 Å². The van der Waals surface area contributed by atoms with E-state index in [1.54, 1.807) is 12.5 Å². The average Bonchev–Trinajstić information content (AvgIpc) is 2.83. The summed E-state index contributed by atoms with van der Waals surface area (Å²) in [5.41, 5.74) is 6.18. The predicted octanol–water partition coefficient (Wildman–Crippen LogP) is 1.96. The molecule has 0 aliphatic carbocycles. The van der Waals surface area contributed by atoms with Gasteiger partial charge in [0.25, 0.3) is 5.91 Å². The lowest BCUT2D eigenvalue weighted by Crippen LogP contribution is -2.34. The topological polar surface area (TPSA) is 77.2 Å². The van der Waals surface area contributed by atoms with E-state index in [1.807, 2.05) is 6.92 Å². The van der Waals surface area contributed by atoms with Gasteiger partial charge in [-0.1, -0.05) is 13.8 Å². The van der Waals surface area contributed by atoms with Gasteiger partial charge in [0.2, 0.25) is 0 Å². The van der Waals surface area contributed by atoms with Crippen LogP contribution in [0.4, 0.5) is 0 Å². The van der Waals surface area contributed by atoms with E-state index in [2.05, 4.69) is 24.1 Å². The molecule has 19 heavy (non-hydrogen) atoms. The summed E-state index contributed by atoms with van der Waals surface area (Å²) < 4.78 is 5.06. The summed E-state index contributed by atoms with van der Waals surface area (Å²) in [6, 6.07) is -0.135. The van der Waals surface area contributed by atoms with Crippen LogP contribution in [0.3, 0.4) is 0 Å². The third-order valence-electron chi connectivity index (χ3n) is 2.85. The van der Waals surface area contributed by atoms with Gasteiger partial charge in [-0.15, -0.1) is 11.3 Å². The van der Waals surface area contributed by atoms with E-state index in [0.29, 0.717) is 18.8 Å². The highest BCUT2D eigenvalue weighted by atomic mass is 32.1. The first-order chi connectivity index (χ1) is 8.85. The first kappa shape index (κ1) is 16.1. The number of amides is 1. The van der Waals surface area contributed by atoms with Crippen LogP contribution in [0, 0.1) is 5.41 Å². The van der Waals surface area contributed by atoms with Gasteiger partial charge < -0.3 is 15.8 Å². The van der Waals surface area contributed by atoms with Crippen molar-refractivity contribution in [3.63, 3.8) is 0 Å². The zero-order valence-corrected chi connectivity index (χ0v) is 12.8. The highest BCUT2D eigenvalue weighted by Gasteiger charge is 2.20. The second-order valence-corrected chi connectivity index (χ2v) is 6.34. The van der Waals surface area contributed by atoms with E-state index in [0.717, 1.165) is 11.4 Å². The fraction of sp³-hybridized carbons (Fsp3) is 0.692. The molecule has 3 N–H and O–H groups in total. The number of hydrogen-bond donors (Lipinski definition) is 2. The SMILES string of the molecule is COCCC(C)(C)CNC(=O)c1csc(C(C)N)n1. The number of ether oxygens (including phenoxy) is 1. The Balaban J connectivity index is 2.50. The van der Waals surface area contributed by atoms with Crippen molar-refractivity contribution in [2.45, 2.75) is 33.2 Å². The Kier molecular flexibility index (Phi) is 5.90. The summed E-state index contributed by atoms with van der Waals surface area (Å²) in [6.45, 7) is 7.34. The lowest BCUT2D eigenvalue weighted by molar-refractivity contribution is 0.0916. The molecule has 0 spiro atoms. The number of methoxy groups -OCH3 is 1. The van der Waals surface area contributed by atoms with Crippen LogP contribution in [0.1, 0.15) is 48.7 Å². The standard InChI is InChI=1S/C13H23N3O2S/c1-9(14)12-16-10(7-19-12)11(17)15-8-13(2,3)5-6-18-4/h7,9H,5-6,8,14H2,1-4H3,(H,15,17). The van der Waals surface area contributed by atoms with Gasteiger partial charge in [-0.2, -0.15) is 0 Å². The normalized spacial score (nSPS) is 13.3. The van der Waals surface area contributed by atoms with Crippen molar-refractivity contribution in [3.8, 4) is 0 Å². The van der Waals surface area contributed by atoms with Gasteiger partial charge in [0.15, 0.2) is 0 Å². The van der Waals surface area contributed by atoms with Crippen molar-refractivity contribution in [2.75, 3.05) is 20.3 Å². The summed E-state index contributed by atoms with van der Waals surface area (Å²) in [4.78, 5) is 16.2. The second-order valence-electron chi connectivity index (χ2n) is 5.45. The van der Waals surface area contributed by atoms with Crippen LogP contribution in [0.15, 0.2) is 5.38 Å². The van der Waals surface area contributed by atoms with E-state index in [-0.39, 0.29) is 17.4 Å². The third-order valence-corrected chi connectivity index (χ3v) is 3.90. The Labute approximate surface area is 118 Å². The maximum atomic E-state index is 12.0. The fourth-order valence-corrected chi connectivity index (χ4v) is 2.24. The summed E-state index contributed by atoms with van der Waals surface area (Å²) in [5.74, 6) is -0.145. The minimum Gasteiger partial charge on any atom is -0.385 e. The molecule has 5 nitrogen and oxygen atoms in total. The Morgan fingerprint density at radius 3 is 2.84 bits per heavy atom. The Morgan fingerprint density at radius 2 is 2.32 bits per heavy atom. The molecule has 0 aliphatic rings. The van der Waals surface area contributed by atoms with Crippen molar-refractivity contribution >= 4 is 17.2 Å². The van der Waals surface area contributed by atoms with Crippen molar-refractivity contribution < 1.29 is 9.53 Å². The number of carbonyl (C=O) groups is 1. The molecular weight excluding hydrogens is 262 g/mol. The molecule has 1 rings (SSSR count). The van der Waals surface area contributed by atoms with Crippen molar-refractivity contribution in [3.05, 3.63) is 16.1 Å². The average molecular weight is 285 g/mol. The van der Waals surface area contributed by atoms with E-state index < -0.39 is 0 Å². The number of nitrogens with two attached hydrogens (primary N) is 1. The van der Waals surface area contributed by atoms with Gasteiger partial charge in [0.1, 0.15) is 10.7 Å². The number of thiazole rings is 1. The van der Waals surface area contributed by atoms with Crippen LogP contribution in [0.2, 0.25) is 0 Å². The van der Waals surface area contributed by atoms with E-state index in [4.69, 9.17) is 10.5 Å². The van der Waals surface area contributed by atoms with E-state index in [9.17, 15) is 4.79 Å². The Morgan fingerprint density at radius 1 is 1.63 bits per heavy atom. The molecule has 108 valence electrons. The van der Waals surface area contributed by atoms with Gasteiger partial charge >= 0.3 is 0 Å². The first-order valence-corrected chi connectivity index (χ1v) is 7.22. The molecule has 0 bridgehead atoms. The molecule has 0 aliphatic heterocycles. The quantitative estimate of drug-likeness (QED) is 0.803. The number of nitrogens with one attached hydrogen (secondary N) is 1. The van der Waals surface area contributed by atoms with Gasteiger partial charge in [-0.05, 0) is 18.8 Å². The Hall–Kier alpha value is -0.980. The lowest BCUT2D eigenvalue weighted by Gasteiger charge is -2.24. The molecule has 0 fully saturated rings. The molecule has 0 radical (unpaired) electrons. The fourth-order valence-electron chi connectivity index (χ4n) is 1.48. The molecule has 1 unspecified atom stereocenters. The maximum Gasteiger partial charge on any atom is 0.270 e. The van der Waals surface area contributed by atoms with Crippen LogP contribution in [-0.2, 0) is 4.74 Å². The van der Waals surface area contributed by atoms with Gasteiger partial charge in [0.05, 0.1) is 6.04 Å². The van der Waals surface area contributed by atoms with Crippen LogP contribution in [0.5, 0.6) is 0 Å². The smallest absolute Gasteiger partial charge is 0.270 e. The van der Waals surface area contributed by atoms with Gasteiger partial charge in [-0.3, -0.25) is 4.79 Å². The summed E-state index contributed by atoms with van der Waals surface area (Å²) in [5, 5.41) is 5.44. The molecule has 6 heteroatoms. The number of rotatable bonds is 7. The molecule has 1 heterocycles. The number of nitrogens with zero attached hydrogens (tertiary/aromatic N) is 1. The summed E-state index contributed by atoms with van der Waals surface area (Å²) in [6.07, 6.45) is 0.895. The summed E-state index contributed by atoms with van der Waals surface area (Å²) >= 11 is 1.42. The van der Waals surface area contributed by atoms with Gasteiger partial charge in [0, 0.05) is 25.6 Å². The summed E-state index contributed by atoms with van der Waals surface area (Å²) in [7, 11) is 1.68. The minimum atomic E-state index is -0.145. The maximum absolute atomic E-state index is 12.0. The van der Waals surface area contributed by atoms with E-state index >= 15 is 0 Å². The molecule has 0 saturated carbocycles. The second kappa shape index (κ2) is 6.98. The van der Waals surface area contributed by atoms with Crippen LogP contribution < -0.4 is 11.1 Å². The molecular formula is C13H23N3O2S. The number of hydrogen-bond acceptors (Lipinski definition) is 5. The van der Waals surface area contributed by atoms with Crippen LogP contribution in [0.25, 0.3) is 0 Å². The molecule has 1 aromatic heterocycles. The number of carbonyl (C=O) groups excluding carboxylic acids is 1. The largest absolute Gasteiger partial charge is 0.385 e. The zero-order chi connectivity index (χ0) is 14.5. The van der Waals surface area contributed by atoms with Crippen LogP contribution in [-0.4, -0.2) is 31.2 Å². The molecule has 1 amide bonds. The highest BCUT2D eigenvalue weighted by molar-refractivity contribution is 7.09. The highest BCUT2D eigenvalue weighted by Crippen LogP contribution is 2.19. The minimum absolute atomic E-state index is 0.00564. The zero-order valence-electron chi connectivity index (χ0n) is 12.0. The molecule has 1 aromatic rings. The molecule has 1 atom stereocenters. The molecule has 0 aromatic carbocycles. The molecule has 0 saturated heterocycles. The lowest BCUT2D eigenvalue weighted by atomic mass is 9.90. The first-order valence-electron chi connectivity index (χ1n) is 6.34. The van der Waals surface area contributed by atoms with Crippen LogP contribution >= 0.6 is 11.3 Å². The van der Waals surface area contributed by atoms with Gasteiger partial charge in [-0.25, -0.2) is 4.98 Å². The predicted molar refractivity (Wildman–Crippen MR) is 77.3 cm³/mol. The monoisotopic (exact) mass is 285 g/mol.